The van der Waals surface area contributed by atoms with Gasteiger partial charge in [-0.25, -0.2) is 9.97 Å². The number of thiophene rings is 1. The average molecular weight is 367 g/mol. The fraction of sp³-hybridized carbons (Fsp3) is 0.350. The van der Waals surface area contributed by atoms with Gasteiger partial charge in [-0.05, 0) is 56.9 Å². The lowest BCUT2D eigenvalue weighted by Gasteiger charge is -2.10. The Morgan fingerprint density at radius 2 is 2.00 bits per heavy atom. The van der Waals surface area contributed by atoms with Crippen LogP contribution in [0.15, 0.2) is 18.2 Å². The number of nitrogens with zero attached hydrogens (tertiary/aromatic N) is 2. The Balaban J connectivity index is 1.72. The van der Waals surface area contributed by atoms with E-state index in [0.717, 1.165) is 45.7 Å². The second kappa shape index (κ2) is 6.36. The fourth-order valence-corrected chi connectivity index (χ4v) is 4.33. The second-order valence-corrected chi connectivity index (χ2v) is 7.83. The zero-order valence-electron chi connectivity index (χ0n) is 15.3. The van der Waals surface area contributed by atoms with Gasteiger partial charge in [0.05, 0.1) is 23.4 Å². The molecule has 0 radical (unpaired) electrons. The molecule has 0 saturated heterocycles. The zero-order chi connectivity index (χ0) is 18.4. The van der Waals surface area contributed by atoms with Gasteiger partial charge in [-0.15, -0.1) is 11.3 Å². The molecule has 0 unspecified atom stereocenters. The van der Waals surface area contributed by atoms with Crippen LogP contribution >= 0.6 is 11.3 Å². The van der Waals surface area contributed by atoms with E-state index in [0.29, 0.717) is 22.2 Å². The Hall–Kier alpha value is -2.47. The first-order valence-corrected chi connectivity index (χ1v) is 9.53. The fourth-order valence-electron chi connectivity index (χ4n) is 3.20. The Bertz CT molecular complexity index is 1020. The summed E-state index contributed by atoms with van der Waals surface area (Å²) in [5.74, 6) is 1.93. The molecule has 4 rings (SSSR count). The van der Waals surface area contributed by atoms with Gasteiger partial charge in [-0.2, -0.15) is 0 Å². The number of aryl methyl sites for hydroxylation is 3. The summed E-state index contributed by atoms with van der Waals surface area (Å²) in [6.07, 6.45) is 2.33. The van der Waals surface area contributed by atoms with Crippen molar-refractivity contribution < 1.29 is 9.53 Å². The zero-order valence-corrected chi connectivity index (χ0v) is 16.2. The first-order valence-electron chi connectivity index (χ1n) is 8.71. The highest BCUT2D eigenvalue weighted by atomic mass is 32.1. The monoisotopic (exact) mass is 367 g/mol. The molecule has 5 nitrogen and oxygen atoms in total. The van der Waals surface area contributed by atoms with Crippen LogP contribution in [0.3, 0.4) is 0 Å². The summed E-state index contributed by atoms with van der Waals surface area (Å²) < 4.78 is 5.36. The lowest BCUT2D eigenvalue weighted by molar-refractivity contribution is 0.102. The molecular formula is C20H21N3O2S. The molecule has 2 aromatic heterocycles. The second-order valence-electron chi connectivity index (χ2n) is 6.84. The Morgan fingerprint density at radius 3 is 2.69 bits per heavy atom. The minimum Gasteiger partial charge on any atom is -0.495 e. The number of methoxy groups -OCH3 is 1. The van der Waals surface area contributed by atoms with E-state index < -0.39 is 0 Å². The van der Waals surface area contributed by atoms with Crippen LogP contribution < -0.4 is 10.1 Å². The smallest absolute Gasteiger partial charge is 0.266 e. The maximum absolute atomic E-state index is 12.9. The molecule has 1 N–H and O–H groups in total. The number of benzene rings is 1. The van der Waals surface area contributed by atoms with Gasteiger partial charge in [0.15, 0.2) is 0 Å². The number of hydrogen-bond acceptors (Lipinski definition) is 5. The molecule has 1 fully saturated rings. The first kappa shape index (κ1) is 17.0. The van der Waals surface area contributed by atoms with Gasteiger partial charge in [-0.3, -0.25) is 4.79 Å². The van der Waals surface area contributed by atoms with E-state index in [9.17, 15) is 4.79 Å². The normalized spacial score (nSPS) is 13.8. The van der Waals surface area contributed by atoms with Crippen LogP contribution in [-0.2, 0) is 0 Å². The number of nitrogens with one attached hydrogen (secondary N) is 1. The van der Waals surface area contributed by atoms with E-state index >= 15 is 0 Å². The van der Waals surface area contributed by atoms with E-state index in [2.05, 4.69) is 10.3 Å². The first-order chi connectivity index (χ1) is 12.5. The summed E-state index contributed by atoms with van der Waals surface area (Å²) in [6.45, 7) is 5.95. The van der Waals surface area contributed by atoms with Crippen LogP contribution in [0.4, 0.5) is 5.69 Å². The molecule has 0 spiro atoms. The Morgan fingerprint density at radius 1 is 1.23 bits per heavy atom. The molecule has 1 amide bonds. The molecule has 2 heterocycles. The van der Waals surface area contributed by atoms with E-state index in [1.54, 1.807) is 7.11 Å². The molecular weight excluding hydrogens is 346 g/mol. The Kier molecular flexibility index (Phi) is 4.15. The third-order valence-electron chi connectivity index (χ3n) is 4.74. The van der Waals surface area contributed by atoms with Gasteiger partial charge in [0.25, 0.3) is 5.91 Å². The van der Waals surface area contributed by atoms with Gasteiger partial charge in [-0.1, -0.05) is 6.07 Å². The van der Waals surface area contributed by atoms with E-state index in [-0.39, 0.29) is 5.91 Å². The molecule has 1 saturated carbocycles. The largest absolute Gasteiger partial charge is 0.495 e. The van der Waals surface area contributed by atoms with Crippen molar-refractivity contribution >= 4 is 33.1 Å². The Labute approximate surface area is 156 Å². The van der Waals surface area contributed by atoms with Gasteiger partial charge >= 0.3 is 0 Å². The van der Waals surface area contributed by atoms with E-state index in [1.165, 1.54) is 11.3 Å². The molecule has 1 aliphatic carbocycles. The highest BCUT2D eigenvalue weighted by Gasteiger charge is 2.28. The average Bonchev–Trinajstić information content (AvgIpc) is 3.39. The van der Waals surface area contributed by atoms with Gasteiger partial charge in [0.1, 0.15) is 16.4 Å². The SMILES string of the molecule is COc1ccc(C)cc1NC(=O)c1sc2nc(C3CC3)nc(C)c2c1C. The third kappa shape index (κ3) is 2.94. The topological polar surface area (TPSA) is 64.1 Å². The van der Waals surface area contributed by atoms with Gasteiger partial charge in [0.2, 0.25) is 0 Å². The van der Waals surface area contributed by atoms with Crippen molar-refractivity contribution in [2.24, 2.45) is 0 Å². The van der Waals surface area contributed by atoms with Gasteiger partial charge in [0, 0.05) is 11.3 Å². The maximum Gasteiger partial charge on any atom is 0.266 e. The molecule has 6 heteroatoms. The maximum atomic E-state index is 12.9. The number of amides is 1. The molecule has 134 valence electrons. The van der Waals surface area contributed by atoms with Crippen molar-refractivity contribution in [3.63, 3.8) is 0 Å². The predicted octanol–water partition coefficient (Wildman–Crippen LogP) is 4.75. The lowest BCUT2D eigenvalue weighted by Crippen LogP contribution is -2.12. The highest BCUT2D eigenvalue weighted by molar-refractivity contribution is 7.20. The van der Waals surface area contributed by atoms with E-state index in [4.69, 9.17) is 9.72 Å². The molecule has 26 heavy (non-hydrogen) atoms. The predicted molar refractivity (Wildman–Crippen MR) is 105 cm³/mol. The lowest BCUT2D eigenvalue weighted by atomic mass is 10.1. The van der Waals surface area contributed by atoms with Crippen LogP contribution in [-0.4, -0.2) is 23.0 Å². The quantitative estimate of drug-likeness (QED) is 0.722. The summed E-state index contributed by atoms with van der Waals surface area (Å²) in [5.41, 5.74) is 3.63. The number of ether oxygens (including phenoxy) is 1. The summed E-state index contributed by atoms with van der Waals surface area (Å²) in [6, 6.07) is 5.73. The minimum absolute atomic E-state index is 0.137. The molecule has 3 aromatic rings. The van der Waals surface area contributed by atoms with Crippen LogP contribution in [0.2, 0.25) is 0 Å². The number of hydrogen-bond donors (Lipinski definition) is 1. The molecule has 1 aromatic carbocycles. The molecule has 0 bridgehead atoms. The number of aromatic nitrogens is 2. The van der Waals surface area contributed by atoms with Crippen molar-refractivity contribution in [3.05, 3.63) is 45.7 Å². The third-order valence-corrected chi connectivity index (χ3v) is 5.92. The van der Waals surface area contributed by atoms with Crippen molar-refractivity contribution in [1.82, 2.24) is 9.97 Å². The number of fused-ring (bicyclic) bond motifs is 1. The number of anilines is 1. The summed E-state index contributed by atoms with van der Waals surface area (Å²) >= 11 is 1.44. The minimum atomic E-state index is -0.137. The molecule has 1 aliphatic rings. The summed E-state index contributed by atoms with van der Waals surface area (Å²) in [7, 11) is 1.60. The van der Waals surface area contributed by atoms with Crippen LogP contribution in [0, 0.1) is 20.8 Å². The highest BCUT2D eigenvalue weighted by Crippen LogP contribution is 2.40. The van der Waals surface area contributed by atoms with Crippen LogP contribution in [0.5, 0.6) is 5.75 Å². The van der Waals surface area contributed by atoms with Crippen LogP contribution in [0.1, 0.15) is 51.1 Å². The van der Waals surface area contributed by atoms with Crippen molar-refractivity contribution in [3.8, 4) is 5.75 Å². The van der Waals surface area contributed by atoms with Crippen molar-refractivity contribution in [2.45, 2.75) is 39.5 Å². The van der Waals surface area contributed by atoms with E-state index in [1.807, 2.05) is 39.0 Å². The van der Waals surface area contributed by atoms with Gasteiger partial charge < -0.3 is 10.1 Å². The number of rotatable bonds is 4. The standard InChI is InChI=1S/C20H21N3O2S/c1-10-5-8-15(25-4)14(9-10)22-19(24)17-11(2)16-12(3)21-18(13-6-7-13)23-20(16)26-17/h5,8-9,13H,6-7H2,1-4H3,(H,22,24). The van der Waals surface area contributed by atoms with Crippen LogP contribution in [0.25, 0.3) is 10.2 Å². The van der Waals surface area contributed by atoms with Crippen molar-refractivity contribution in [2.75, 3.05) is 12.4 Å². The van der Waals surface area contributed by atoms with Crippen molar-refractivity contribution in [1.29, 1.82) is 0 Å². The number of carbonyl (C=O) groups is 1. The number of carbonyl (C=O) groups excluding carboxylic acids is 1. The molecule has 0 aliphatic heterocycles. The summed E-state index contributed by atoms with van der Waals surface area (Å²) in [5, 5.41) is 3.99. The molecule has 0 atom stereocenters. The summed E-state index contributed by atoms with van der Waals surface area (Å²) in [4.78, 5) is 23.9.